The quantitative estimate of drug-likeness (QED) is 0.0944. The zero-order chi connectivity index (χ0) is 51.4. The van der Waals surface area contributed by atoms with E-state index in [4.69, 9.17) is 24.4 Å². The van der Waals surface area contributed by atoms with Crippen molar-refractivity contribution in [2.24, 2.45) is 0 Å². The smallest absolute Gasteiger partial charge is 0.238 e. The Kier molecular flexibility index (Phi) is 11.0. The zero-order valence-corrected chi connectivity index (χ0v) is 41.8. The number of hydrogen-bond acceptors (Lipinski definition) is 7. The molecule has 0 amide bonds. The lowest BCUT2D eigenvalue weighted by molar-refractivity contribution is 0.670. The minimum absolute atomic E-state index is 0.479. The van der Waals surface area contributed by atoms with E-state index in [2.05, 4.69) is 217 Å². The first-order chi connectivity index (χ1) is 38.1. The summed E-state index contributed by atoms with van der Waals surface area (Å²) < 4.78 is 6.46. The highest BCUT2D eigenvalue weighted by Crippen LogP contribution is 2.52. The summed E-state index contributed by atoms with van der Waals surface area (Å²) in [6.45, 7) is 8.07. The van der Waals surface area contributed by atoms with Gasteiger partial charge in [-0.25, -0.2) is 9.97 Å². The lowest BCUT2D eigenvalue weighted by Gasteiger charge is -2.32. The van der Waals surface area contributed by atoms with E-state index in [0.717, 1.165) is 122 Å². The Morgan fingerprint density at radius 2 is 1.03 bits per heavy atom. The summed E-state index contributed by atoms with van der Waals surface area (Å²) in [5, 5.41) is 5.42. The maximum atomic E-state index is 6.46. The van der Waals surface area contributed by atoms with Crippen LogP contribution in [-0.2, 0) is 0 Å². The molecule has 0 unspecified atom stereocenters. The van der Waals surface area contributed by atoms with Crippen LogP contribution in [0.15, 0.2) is 272 Å². The molecule has 0 saturated heterocycles. The number of allylic oxidation sites excluding steroid dienone is 4. The molecule has 0 N–H and O–H groups in total. The van der Waals surface area contributed by atoms with Crippen molar-refractivity contribution in [2.75, 3.05) is 9.80 Å². The fraction of sp³-hybridized carbons (Fsp3) is 0. The number of aromatic nitrogens is 4. The number of pyridine rings is 1. The maximum Gasteiger partial charge on any atom is 0.238 e. The van der Waals surface area contributed by atoms with Crippen molar-refractivity contribution < 1.29 is 4.42 Å². The van der Waals surface area contributed by atoms with Gasteiger partial charge in [0.1, 0.15) is 11.2 Å². The van der Waals surface area contributed by atoms with Crippen LogP contribution in [-0.4, -0.2) is 19.9 Å². The first-order valence-corrected chi connectivity index (χ1v) is 25.7. The summed E-state index contributed by atoms with van der Waals surface area (Å²) in [4.78, 5) is 25.3. The van der Waals surface area contributed by atoms with Crippen LogP contribution < -0.4 is 9.80 Å². The van der Waals surface area contributed by atoms with Gasteiger partial charge in [-0.1, -0.05) is 201 Å². The fourth-order valence-electron chi connectivity index (χ4n) is 10.9. The lowest BCUT2D eigenvalue weighted by Crippen LogP contribution is -2.19. The number of furan rings is 1. The number of para-hydroxylation sites is 3. The SMILES string of the molecule is C=C/C=C(\C=C)c1nc(-c2ccccc2)nc(N2c3ccc(-c4ccc(N(c5ccc(-c6ccccc6)cc5)c5ccc(-c6cccc7c6oc6ccccc67)cc5)cc4)cc3-c3nc4ccccc4c4cccc2c34)n1. The van der Waals surface area contributed by atoms with Crippen LogP contribution in [0.2, 0.25) is 0 Å². The molecule has 3 aromatic heterocycles. The van der Waals surface area contributed by atoms with Gasteiger partial charge in [-0.3, -0.25) is 4.90 Å². The summed E-state index contributed by atoms with van der Waals surface area (Å²) in [5.41, 5.74) is 17.7. The largest absolute Gasteiger partial charge is 0.455 e. The third kappa shape index (κ3) is 7.84. The van der Waals surface area contributed by atoms with Crippen molar-refractivity contribution >= 4 is 83.6 Å². The van der Waals surface area contributed by atoms with E-state index < -0.39 is 0 Å². The summed E-state index contributed by atoms with van der Waals surface area (Å²) in [5.74, 6) is 1.52. The van der Waals surface area contributed by atoms with Crippen LogP contribution in [0.25, 0.3) is 105 Å². The molecule has 0 radical (unpaired) electrons. The molecule has 0 fully saturated rings. The molecule has 0 bridgehead atoms. The molecule has 0 atom stereocenters. The number of nitrogens with zero attached hydrogens (tertiary/aromatic N) is 6. The molecule has 13 aromatic rings. The predicted molar refractivity (Wildman–Crippen MR) is 318 cm³/mol. The molecule has 7 nitrogen and oxygen atoms in total. The van der Waals surface area contributed by atoms with Gasteiger partial charge in [-0.2, -0.15) is 9.97 Å². The van der Waals surface area contributed by atoms with Crippen LogP contribution in [0.1, 0.15) is 5.82 Å². The van der Waals surface area contributed by atoms with Gasteiger partial charge in [-0.15, -0.1) is 0 Å². The maximum absolute atomic E-state index is 6.46. The highest BCUT2D eigenvalue weighted by atomic mass is 16.3. The van der Waals surface area contributed by atoms with Crippen molar-refractivity contribution in [3.63, 3.8) is 0 Å². The standard InChI is InChI=1S/C70H46N6O/c1-3-17-45(4-2)68-72-69(50-20-9-6-10-21-50)74-70(73-68)76-62-43-36-51(44-60(62)66-65-58(25-16-28-63(65)76)56-22-11-13-27-61(56)71-66)48-32-39-53(40-33-48)75(52-37-30-47(31-38-52)46-18-7-5-8-19-46)54-41-34-49(35-42-54)55-24-15-26-59-57-23-12-14-29-64(57)77-67(55)59/h3-44H,1-2H2/b45-17+. The Balaban J connectivity index is 0.890. The van der Waals surface area contributed by atoms with E-state index >= 15 is 0 Å². The second kappa shape index (κ2) is 18.8. The van der Waals surface area contributed by atoms with Gasteiger partial charge in [0.15, 0.2) is 11.6 Å². The molecule has 77 heavy (non-hydrogen) atoms. The van der Waals surface area contributed by atoms with Gasteiger partial charge >= 0.3 is 0 Å². The third-order valence-corrected chi connectivity index (χ3v) is 14.6. The summed E-state index contributed by atoms with van der Waals surface area (Å²) in [7, 11) is 0. The second-order valence-corrected chi connectivity index (χ2v) is 19.1. The van der Waals surface area contributed by atoms with Gasteiger partial charge in [0, 0.05) is 60.9 Å². The van der Waals surface area contributed by atoms with Crippen molar-refractivity contribution in [1.82, 2.24) is 19.9 Å². The van der Waals surface area contributed by atoms with Crippen molar-refractivity contribution in [1.29, 1.82) is 0 Å². The third-order valence-electron chi connectivity index (χ3n) is 14.6. The number of rotatable bonds is 11. The Hall–Kier alpha value is -10.5. The second-order valence-electron chi connectivity index (χ2n) is 19.1. The minimum Gasteiger partial charge on any atom is -0.455 e. The highest BCUT2D eigenvalue weighted by molar-refractivity contribution is 6.20. The molecule has 4 heterocycles. The number of benzene rings is 10. The van der Waals surface area contributed by atoms with Crippen molar-refractivity contribution in [2.45, 2.75) is 0 Å². The van der Waals surface area contributed by atoms with Gasteiger partial charge in [0.25, 0.3) is 0 Å². The minimum atomic E-state index is 0.479. The molecule has 14 rings (SSSR count). The predicted octanol–water partition coefficient (Wildman–Crippen LogP) is 18.8. The first-order valence-electron chi connectivity index (χ1n) is 25.7. The highest BCUT2D eigenvalue weighted by Gasteiger charge is 2.31. The molecular weight excluding hydrogens is 941 g/mol. The van der Waals surface area contributed by atoms with E-state index in [9.17, 15) is 0 Å². The Morgan fingerprint density at radius 3 is 1.74 bits per heavy atom. The van der Waals surface area contributed by atoms with Gasteiger partial charge in [-0.05, 0) is 99.9 Å². The topological polar surface area (TPSA) is 71.2 Å². The monoisotopic (exact) mass is 986 g/mol. The van der Waals surface area contributed by atoms with E-state index in [-0.39, 0.29) is 0 Å². The molecule has 1 aliphatic heterocycles. The molecule has 0 aliphatic carbocycles. The van der Waals surface area contributed by atoms with Crippen molar-refractivity contribution in [3.05, 3.63) is 274 Å². The molecule has 10 aromatic carbocycles. The molecule has 0 spiro atoms. The summed E-state index contributed by atoms with van der Waals surface area (Å²) in [6.07, 6.45) is 5.35. The molecule has 0 saturated carbocycles. The van der Waals surface area contributed by atoms with E-state index in [1.807, 2.05) is 48.5 Å². The van der Waals surface area contributed by atoms with Crippen LogP contribution in [0.4, 0.5) is 34.4 Å². The fourth-order valence-corrected chi connectivity index (χ4v) is 10.9. The Bertz CT molecular complexity index is 4470. The Morgan fingerprint density at radius 1 is 0.442 bits per heavy atom. The average Bonchev–Trinajstić information content (AvgIpc) is 4.00. The van der Waals surface area contributed by atoms with E-state index in [1.165, 1.54) is 5.56 Å². The van der Waals surface area contributed by atoms with E-state index in [0.29, 0.717) is 17.6 Å². The molecule has 1 aliphatic rings. The first kappa shape index (κ1) is 45.1. The number of anilines is 6. The molecule has 362 valence electrons. The summed E-state index contributed by atoms with van der Waals surface area (Å²) in [6, 6.07) is 83.0. The lowest BCUT2D eigenvalue weighted by atomic mass is 9.91. The Labute approximate surface area is 445 Å². The van der Waals surface area contributed by atoms with Crippen LogP contribution in [0, 0.1) is 0 Å². The van der Waals surface area contributed by atoms with Crippen molar-refractivity contribution in [3.8, 4) is 56.0 Å². The molecule has 7 heteroatoms. The van der Waals surface area contributed by atoms with Crippen LogP contribution >= 0.6 is 0 Å². The van der Waals surface area contributed by atoms with Gasteiger partial charge < -0.3 is 9.32 Å². The average molecular weight is 987 g/mol. The van der Waals surface area contributed by atoms with Crippen LogP contribution in [0.3, 0.4) is 0 Å². The number of fused-ring (bicyclic) bond motifs is 7. The zero-order valence-electron chi connectivity index (χ0n) is 41.8. The summed E-state index contributed by atoms with van der Waals surface area (Å²) >= 11 is 0. The molecular formula is C70H46N6O. The van der Waals surface area contributed by atoms with Crippen LogP contribution in [0.5, 0.6) is 0 Å². The number of hydrogen-bond donors (Lipinski definition) is 0. The van der Waals surface area contributed by atoms with Gasteiger partial charge in [0.2, 0.25) is 5.95 Å². The van der Waals surface area contributed by atoms with E-state index in [1.54, 1.807) is 12.2 Å². The normalized spacial score (nSPS) is 12.1. The van der Waals surface area contributed by atoms with Gasteiger partial charge in [0.05, 0.1) is 22.6 Å².